The van der Waals surface area contributed by atoms with Gasteiger partial charge in [0.15, 0.2) is 0 Å². The van der Waals surface area contributed by atoms with Crippen LogP contribution in [0, 0.1) is 0 Å². The molecule has 0 aliphatic heterocycles. The molecule has 3 heteroatoms. The number of nitrogens with two attached hydrogens (primary N) is 1. The molecule has 19 heavy (non-hydrogen) atoms. The van der Waals surface area contributed by atoms with Gasteiger partial charge in [0, 0.05) is 25.3 Å². The second kappa shape index (κ2) is 6.90. The number of pyridine rings is 1. The van der Waals surface area contributed by atoms with Gasteiger partial charge >= 0.3 is 0 Å². The Morgan fingerprint density at radius 3 is 2.63 bits per heavy atom. The lowest BCUT2D eigenvalue weighted by atomic mass is 9.94. The first-order valence-electron chi connectivity index (χ1n) is 7.64. The van der Waals surface area contributed by atoms with E-state index in [2.05, 4.69) is 36.0 Å². The number of hydrogen-bond donors (Lipinski definition) is 1. The zero-order chi connectivity index (χ0) is 13.7. The van der Waals surface area contributed by atoms with Crippen LogP contribution in [0.5, 0.6) is 0 Å². The summed E-state index contributed by atoms with van der Waals surface area (Å²) in [6.07, 6.45) is 10.7. The monoisotopic (exact) mass is 261 g/mol. The minimum atomic E-state index is 0.253. The smallest absolute Gasteiger partial charge is 0.128 e. The van der Waals surface area contributed by atoms with Crippen molar-refractivity contribution >= 4 is 5.82 Å². The van der Waals surface area contributed by atoms with Crippen molar-refractivity contribution in [3.63, 3.8) is 0 Å². The Morgan fingerprint density at radius 1 is 1.32 bits per heavy atom. The van der Waals surface area contributed by atoms with Gasteiger partial charge in [0.2, 0.25) is 0 Å². The fourth-order valence-electron chi connectivity index (χ4n) is 2.85. The topological polar surface area (TPSA) is 42.1 Å². The molecule has 2 N–H and O–H groups in total. The Morgan fingerprint density at radius 2 is 2.05 bits per heavy atom. The maximum absolute atomic E-state index is 5.98. The second-order valence-electron chi connectivity index (χ2n) is 5.80. The summed E-state index contributed by atoms with van der Waals surface area (Å²) in [5.74, 6) is 1.10. The minimum absolute atomic E-state index is 0.253. The van der Waals surface area contributed by atoms with E-state index in [1.54, 1.807) is 0 Å². The highest BCUT2D eigenvalue weighted by atomic mass is 15.2. The standard InChI is InChI=1S/C16H27N3/c1-3-14(17)11-13-9-10-16(18-12-13)19(2)15-7-5-4-6-8-15/h9-10,12,14-15H,3-8,11,17H2,1-2H3. The lowest BCUT2D eigenvalue weighted by Gasteiger charge is -2.32. The van der Waals surface area contributed by atoms with Gasteiger partial charge in [0.05, 0.1) is 0 Å². The average Bonchev–Trinajstić information content (AvgIpc) is 2.48. The first kappa shape index (κ1) is 14.3. The predicted molar refractivity (Wildman–Crippen MR) is 81.5 cm³/mol. The second-order valence-corrected chi connectivity index (χ2v) is 5.80. The van der Waals surface area contributed by atoms with Gasteiger partial charge in [-0.15, -0.1) is 0 Å². The lowest BCUT2D eigenvalue weighted by Crippen LogP contribution is -2.33. The van der Waals surface area contributed by atoms with Crippen LogP contribution in [0.4, 0.5) is 5.82 Å². The van der Waals surface area contributed by atoms with Gasteiger partial charge < -0.3 is 10.6 Å². The van der Waals surface area contributed by atoms with E-state index in [0.29, 0.717) is 6.04 Å². The Labute approximate surface area is 117 Å². The first-order valence-corrected chi connectivity index (χ1v) is 7.64. The van der Waals surface area contributed by atoms with Gasteiger partial charge in [-0.3, -0.25) is 0 Å². The minimum Gasteiger partial charge on any atom is -0.357 e. The molecule has 1 heterocycles. The van der Waals surface area contributed by atoms with Crippen LogP contribution in [0.25, 0.3) is 0 Å². The number of anilines is 1. The molecule has 1 aromatic heterocycles. The molecule has 106 valence electrons. The highest BCUT2D eigenvalue weighted by molar-refractivity contribution is 5.39. The van der Waals surface area contributed by atoms with Gasteiger partial charge in [-0.25, -0.2) is 4.98 Å². The molecule has 1 unspecified atom stereocenters. The van der Waals surface area contributed by atoms with Crippen LogP contribution >= 0.6 is 0 Å². The summed E-state index contributed by atoms with van der Waals surface area (Å²) in [5, 5.41) is 0. The Balaban J connectivity index is 1.96. The molecule has 1 aliphatic carbocycles. The third-order valence-electron chi connectivity index (χ3n) is 4.32. The summed E-state index contributed by atoms with van der Waals surface area (Å²) in [7, 11) is 2.18. The van der Waals surface area contributed by atoms with Crippen LogP contribution in [0.1, 0.15) is 51.0 Å². The van der Waals surface area contributed by atoms with Crippen LogP contribution in [-0.4, -0.2) is 24.1 Å². The molecule has 0 amide bonds. The molecular formula is C16H27N3. The van der Waals surface area contributed by atoms with Crippen molar-refractivity contribution < 1.29 is 0 Å². The SMILES string of the molecule is CCC(N)Cc1ccc(N(C)C2CCCCC2)nc1. The molecule has 1 fully saturated rings. The largest absolute Gasteiger partial charge is 0.357 e. The fraction of sp³-hybridized carbons (Fsp3) is 0.688. The van der Waals surface area contributed by atoms with Crippen LogP contribution in [0.2, 0.25) is 0 Å². The number of aromatic nitrogens is 1. The van der Waals surface area contributed by atoms with Gasteiger partial charge in [-0.2, -0.15) is 0 Å². The lowest BCUT2D eigenvalue weighted by molar-refractivity contribution is 0.426. The molecule has 2 rings (SSSR count). The third kappa shape index (κ3) is 3.93. The molecule has 0 radical (unpaired) electrons. The van der Waals surface area contributed by atoms with Gasteiger partial charge in [-0.1, -0.05) is 32.3 Å². The van der Waals surface area contributed by atoms with Crippen LogP contribution in [-0.2, 0) is 6.42 Å². The van der Waals surface area contributed by atoms with E-state index in [-0.39, 0.29) is 6.04 Å². The molecule has 3 nitrogen and oxygen atoms in total. The van der Waals surface area contributed by atoms with E-state index in [4.69, 9.17) is 5.73 Å². The highest BCUT2D eigenvalue weighted by Gasteiger charge is 2.18. The maximum Gasteiger partial charge on any atom is 0.128 e. The van der Waals surface area contributed by atoms with Crippen molar-refractivity contribution in [2.24, 2.45) is 5.73 Å². The molecule has 1 aromatic rings. The summed E-state index contributed by atoms with van der Waals surface area (Å²) < 4.78 is 0. The number of hydrogen-bond acceptors (Lipinski definition) is 3. The van der Waals surface area contributed by atoms with Crippen molar-refractivity contribution in [3.05, 3.63) is 23.9 Å². The third-order valence-corrected chi connectivity index (χ3v) is 4.32. The average molecular weight is 261 g/mol. The molecule has 1 atom stereocenters. The van der Waals surface area contributed by atoms with E-state index >= 15 is 0 Å². The van der Waals surface area contributed by atoms with E-state index in [0.717, 1.165) is 18.7 Å². The molecular weight excluding hydrogens is 234 g/mol. The maximum atomic E-state index is 5.98. The summed E-state index contributed by atoms with van der Waals surface area (Å²) in [6, 6.07) is 5.25. The molecule has 1 aliphatic rings. The molecule has 1 saturated carbocycles. The van der Waals surface area contributed by atoms with Gasteiger partial charge in [-0.05, 0) is 37.3 Å². The first-order chi connectivity index (χ1) is 9.20. The Bertz CT molecular complexity index is 368. The highest BCUT2D eigenvalue weighted by Crippen LogP contribution is 2.25. The molecule has 0 saturated heterocycles. The van der Waals surface area contributed by atoms with Crippen LogP contribution in [0.15, 0.2) is 18.3 Å². The van der Waals surface area contributed by atoms with E-state index in [9.17, 15) is 0 Å². The van der Waals surface area contributed by atoms with Crippen LogP contribution < -0.4 is 10.6 Å². The summed E-state index contributed by atoms with van der Waals surface area (Å²) in [5.41, 5.74) is 7.23. The van der Waals surface area contributed by atoms with Crippen molar-refractivity contribution in [2.45, 2.75) is 64.0 Å². The van der Waals surface area contributed by atoms with Gasteiger partial charge in [0.25, 0.3) is 0 Å². The van der Waals surface area contributed by atoms with Crippen LogP contribution in [0.3, 0.4) is 0 Å². The summed E-state index contributed by atoms with van der Waals surface area (Å²) in [4.78, 5) is 6.96. The fourth-order valence-corrected chi connectivity index (χ4v) is 2.85. The van der Waals surface area contributed by atoms with Crippen molar-refractivity contribution in [1.29, 1.82) is 0 Å². The van der Waals surface area contributed by atoms with Gasteiger partial charge in [0.1, 0.15) is 5.82 Å². The van der Waals surface area contributed by atoms with Crippen molar-refractivity contribution in [3.8, 4) is 0 Å². The van der Waals surface area contributed by atoms with E-state index in [1.807, 2.05) is 6.20 Å². The quantitative estimate of drug-likeness (QED) is 0.885. The Hall–Kier alpha value is -1.09. The summed E-state index contributed by atoms with van der Waals surface area (Å²) in [6.45, 7) is 2.13. The van der Waals surface area contributed by atoms with E-state index in [1.165, 1.54) is 37.7 Å². The normalized spacial score (nSPS) is 18.3. The van der Waals surface area contributed by atoms with E-state index < -0.39 is 0 Å². The molecule has 0 bridgehead atoms. The Kier molecular flexibility index (Phi) is 5.20. The zero-order valence-corrected chi connectivity index (χ0v) is 12.3. The predicted octanol–water partition coefficient (Wildman–Crippen LogP) is 3.13. The molecule has 0 spiro atoms. The number of rotatable bonds is 5. The number of nitrogens with zero attached hydrogens (tertiary/aromatic N) is 2. The van der Waals surface area contributed by atoms with Crippen molar-refractivity contribution in [1.82, 2.24) is 4.98 Å². The zero-order valence-electron chi connectivity index (χ0n) is 12.3. The summed E-state index contributed by atoms with van der Waals surface area (Å²) >= 11 is 0. The molecule has 0 aromatic carbocycles. The van der Waals surface area contributed by atoms with Crippen molar-refractivity contribution in [2.75, 3.05) is 11.9 Å².